The average molecular weight is 255 g/mol. The maximum Gasteiger partial charge on any atom is 0.126 e. The Bertz CT molecular complexity index is 555. The van der Waals surface area contributed by atoms with E-state index in [-0.39, 0.29) is 0 Å². The summed E-state index contributed by atoms with van der Waals surface area (Å²) < 4.78 is 5.51. The molecule has 0 aliphatic heterocycles. The van der Waals surface area contributed by atoms with Gasteiger partial charge in [0.25, 0.3) is 0 Å². The van der Waals surface area contributed by atoms with Crippen molar-refractivity contribution in [3.63, 3.8) is 0 Å². The standard InChI is InChI=1S/C17H21NO/c1-12-5-4-6-13(2)17(12)15-11-14(9-10-18)7-8-16(15)19-3/h4-8,11H,9-10,18H2,1-3H3. The van der Waals surface area contributed by atoms with Crippen molar-refractivity contribution in [1.82, 2.24) is 0 Å². The number of ether oxygens (including phenoxy) is 1. The highest BCUT2D eigenvalue weighted by Gasteiger charge is 2.11. The minimum atomic E-state index is 0.665. The third-order valence-corrected chi connectivity index (χ3v) is 3.45. The summed E-state index contributed by atoms with van der Waals surface area (Å²) in [5, 5.41) is 0. The number of benzene rings is 2. The normalized spacial score (nSPS) is 10.5. The summed E-state index contributed by atoms with van der Waals surface area (Å²) in [4.78, 5) is 0. The smallest absolute Gasteiger partial charge is 0.126 e. The van der Waals surface area contributed by atoms with E-state index in [4.69, 9.17) is 10.5 Å². The molecule has 0 unspecified atom stereocenters. The molecule has 0 saturated carbocycles. The topological polar surface area (TPSA) is 35.2 Å². The van der Waals surface area contributed by atoms with Crippen LogP contribution in [-0.2, 0) is 6.42 Å². The van der Waals surface area contributed by atoms with Gasteiger partial charge < -0.3 is 10.5 Å². The highest BCUT2D eigenvalue weighted by Crippen LogP contribution is 2.35. The van der Waals surface area contributed by atoms with Crippen LogP contribution in [0.15, 0.2) is 36.4 Å². The fraction of sp³-hybridized carbons (Fsp3) is 0.294. The van der Waals surface area contributed by atoms with Gasteiger partial charge in [0.2, 0.25) is 0 Å². The van der Waals surface area contributed by atoms with Crippen LogP contribution in [0.3, 0.4) is 0 Å². The Labute approximate surface area is 115 Å². The second-order valence-electron chi connectivity index (χ2n) is 4.84. The molecule has 0 amide bonds. The van der Waals surface area contributed by atoms with Crippen LogP contribution in [0.4, 0.5) is 0 Å². The van der Waals surface area contributed by atoms with Crippen LogP contribution in [0, 0.1) is 13.8 Å². The highest BCUT2D eigenvalue weighted by atomic mass is 16.5. The average Bonchev–Trinajstić information content (AvgIpc) is 2.39. The van der Waals surface area contributed by atoms with Crippen LogP contribution in [0.2, 0.25) is 0 Å². The van der Waals surface area contributed by atoms with Crippen LogP contribution < -0.4 is 10.5 Å². The molecule has 2 N–H and O–H groups in total. The van der Waals surface area contributed by atoms with Crippen LogP contribution in [0.25, 0.3) is 11.1 Å². The van der Waals surface area contributed by atoms with Gasteiger partial charge in [-0.15, -0.1) is 0 Å². The number of hydrogen-bond donors (Lipinski definition) is 1. The van der Waals surface area contributed by atoms with Gasteiger partial charge in [-0.3, -0.25) is 0 Å². The van der Waals surface area contributed by atoms with Crippen LogP contribution in [-0.4, -0.2) is 13.7 Å². The second-order valence-corrected chi connectivity index (χ2v) is 4.84. The molecule has 2 aromatic rings. The van der Waals surface area contributed by atoms with Gasteiger partial charge in [-0.1, -0.05) is 24.3 Å². The lowest BCUT2D eigenvalue weighted by Crippen LogP contribution is -2.03. The first-order valence-electron chi connectivity index (χ1n) is 6.61. The third-order valence-electron chi connectivity index (χ3n) is 3.45. The Balaban J connectivity index is 2.62. The lowest BCUT2D eigenvalue weighted by Gasteiger charge is -2.15. The maximum atomic E-state index is 5.65. The Kier molecular flexibility index (Phi) is 4.23. The van der Waals surface area contributed by atoms with E-state index in [1.54, 1.807) is 7.11 Å². The predicted molar refractivity (Wildman–Crippen MR) is 80.7 cm³/mol. The Morgan fingerprint density at radius 1 is 1.05 bits per heavy atom. The number of methoxy groups -OCH3 is 1. The van der Waals surface area contributed by atoms with Crippen molar-refractivity contribution in [2.75, 3.05) is 13.7 Å². The van der Waals surface area contributed by atoms with Crippen molar-refractivity contribution in [2.24, 2.45) is 5.73 Å². The van der Waals surface area contributed by atoms with E-state index in [1.165, 1.54) is 22.3 Å². The van der Waals surface area contributed by atoms with Gasteiger partial charge in [0.05, 0.1) is 7.11 Å². The molecule has 2 nitrogen and oxygen atoms in total. The summed E-state index contributed by atoms with van der Waals surface area (Å²) in [6.45, 7) is 4.94. The molecule has 0 saturated heterocycles. The zero-order valence-electron chi connectivity index (χ0n) is 11.9. The monoisotopic (exact) mass is 255 g/mol. The van der Waals surface area contributed by atoms with Crippen molar-refractivity contribution in [1.29, 1.82) is 0 Å². The van der Waals surface area contributed by atoms with E-state index >= 15 is 0 Å². The van der Waals surface area contributed by atoms with E-state index < -0.39 is 0 Å². The molecule has 0 bridgehead atoms. The lowest BCUT2D eigenvalue weighted by molar-refractivity contribution is 0.416. The zero-order chi connectivity index (χ0) is 13.8. The molecule has 2 rings (SSSR count). The van der Waals surface area contributed by atoms with Crippen molar-refractivity contribution < 1.29 is 4.74 Å². The number of hydrogen-bond acceptors (Lipinski definition) is 2. The Morgan fingerprint density at radius 3 is 2.32 bits per heavy atom. The van der Waals surface area contributed by atoms with Crippen LogP contribution in [0.1, 0.15) is 16.7 Å². The van der Waals surface area contributed by atoms with Gasteiger partial charge in [0.1, 0.15) is 5.75 Å². The minimum Gasteiger partial charge on any atom is -0.496 e. The summed E-state index contributed by atoms with van der Waals surface area (Å²) in [6, 6.07) is 12.7. The maximum absolute atomic E-state index is 5.65. The molecule has 2 aromatic carbocycles. The molecule has 0 atom stereocenters. The van der Waals surface area contributed by atoms with Crippen molar-refractivity contribution in [3.05, 3.63) is 53.1 Å². The fourth-order valence-electron chi connectivity index (χ4n) is 2.51. The number of nitrogens with two attached hydrogens (primary N) is 1. The molecule has 0 fully saturated rings. The lowest BCUT2D eigenvalue weighted by atomic mass is 9.93. The van der Waals surface area contributed by atoms with Crippen molar-refractivity contribution in [2.45, 2.75) is 20.3 Å². The summed E-state index contributed by atoms with van der Waals surface area (Å²) in [7, 11) is 1.72. The molecular formula is C17H21NO. The first-order valence-corrected chi connectivity index (χ1v) is 6.61. The van der Waals surface area contributed by atoms with E-state index in [0.717, 1.165) is 17.7 Å². The summed E-state index contributed by atoms with van der Waals surface area (Å²) in [5.74, 6) is 0.915. The van der Waals surface area contributed by atoms with Gasteiger partial charge in [-0.25, -0.2) is 0 Å². The third kappa shape index (κ3) is 2.79. The molecule has 2 heteroatoms. The van der Waals surface area contributed by atoms with E-state index in [1.807, 2.05) is 6.07 Å². The fourth-order valence-corrected chi connectivity index (χ4v) is 2.51. The molecule has 0 heterocycles. The van der Waals surface area contributed by atoms with Crippen molar-refractivity contribution in [3.8, 4) is 16.9 Å². The summed E-state index contributed by atoms with van der Waals surface area (Å²) >= 11 is 0. The molecule has 0 aliphatic carbocycles. The van der Waals surface area contributed by atoms with Gasteiger partial charge in [-0.05, 0) is 61.2 Å². The SMILES string of the molecule is COc1ccc(CCN)cc1-c1c(C)cccc1C. The summed E-state index contributed by atoms with van der Waals surface area (Å²) in [6.07, 6.45) is 0.891. The number of aryl methyl sites for hydroxylation is 2. The van der Waals surface area contributed by atoms with Gasteiger partial charge in [0, 0.05) is 5.56 Å². The Hall–Kier alpha value is -1.80. The van der Waals surface area contributed by atoms with E-state index in [2.05, 4.69) is 44.2 Å². The van der Waals surface area contributed by atoms with Crippen LogP contribution in [0.5, 0.6) is 5.75 Å². The molecule has 0 aromatic heterocycles. The molecule has 0 spiro atoms. The van der Waals surface area contributed by atoms with E-state index in [0.29, 0.717) is 6.54 Å². The molecule has 0 radical (unpaired) electrons. The first-order chi connectivity index (χ1) is 9.17. The largest absolute Gasteiger partial charge is 0.496 e. The Morgan fingerprint density at radius 2 is 1.74 bits per heavy atom. The number of rotatable bonds is 4. The minimum absolute atomic E-state index is 0.665. The van der Waals surface area contributed by atoms with Gasteiger partial charge in [-0.2, -0.15) is 0 Å². The van der Waals surface area contributed by atoms with Crippen LogP contribution >= 0.6 is 0 Å². The quantitative estimate of drug-likeness (QED) is 0.907. The summed E-state index contributed by atoms with van der Waals surface area (Å²) in [5.41, 5.74) is 11.9. The molecule has 100 valence electrons. The van der Waals surface area contributed by atoms with Crippen molar-refractivity contribution >= 4 is 0 Å². The van der Waals surface area contributed by atoms with E-state index in [9.17, 15) is 0 Å². The first kappa shape index (κ1) is 13.6. The second kappa shape index (κ2) is 5.89. The molecular weight excluding hydrogens is 234 g/mol. The zero-order valence-corrected chi connectivity index (χ0v) is 11.9. The molecule has 19 heavy (non-hydrogen) atoms. The predicted octanol–water partition coefficient (Wildman–Crippen LogP) is 3.48. The van der Waals surface area contributed by atoms with Gasteiger partial charge >= 0.3 is 0 Å². The van der Waals surface area contributed by atoms with Gasteiger partial charge in [0.15, 0.2) is 0 Å². The molecule has 0 aliphatic rings. The highest BCUT2D eigenvalue weighted by molar-refractivity contribution is 5.76.